The highest BCUT2D eigenvalue weighted by Crippen LogP contribution is 2.57. The first-order chi connectivity index (χ1) is 15.4. The number of benzene rings is 1. The standard InChI is InChI=1S/C28H38N2O2/c1-20(2)28(19-29,24-8-9-25(31-4)26(15-24)32-5)10-6-7-11-30(3)27-16-21-12-22(17-27)14-23(13-21)18-27/h8-9,15,20-23H,10-14,16-18H2,1-5H3. The van der Waals surface area contributed by atoms with Gasteiger partial charge >= 0.3 is 0 Å². The van der Waals surface area contributed by atoms with Crippen molar-refractivity contribution in [2.24, 2.45) is 23.7 Å². The second-order valence-corrected chi connectivity index (χ2v) is 10.8. The quantitative estimate of drug-likeness (QED) is 0.538. The van der Waals surface area contributed by atoms with Crippen LogP contribution in [0, 0.1) is 46.8 Å². The van der Waals surface area contributed by atoms with Crippen LogP contribution in [0.2, 0.25) is 0 Å². The molecule has 4 aliphatic rings. The lowest BCUT2D eigenvalue weighted by Gasteiger charge is -2.59. The van der Waals surface area contributed by atoms with Crippen LogP contribution in [0.1, 0.15) is 64.4 Å². The first-order valence-corrected chi connectivity index (χ1v) is 12.2. The number of methoxy groups -OCH3 is 2. The Morgan fingerprint density at radius 3 is 2.12 bits per heavy atom. The highest BCUT2D eigenvalue weighted by molar-refractivity contribution is 5.48. The third kappa shape index (κ3) is 3.99. The Labute approximate surface area is 194 Å². The molecule has 0 aromatic heterocycles. The summed E-state index contributed by atoms with van der Waals surface area (Å²) < 4.78 is 10.9. The Bertz CT molecular complexity index is 900. The smallest absolute Gasteiger partial charge is 0.161 e. The second-order valence-electron chi connectivity index (χ2n) is 10.8. The number of nitrogens with zero attached hydrogens (tertiary/aromatic N) is 2. The molecule has 1 unspecified atom stereocenters. The number of hydrogen-bond acceptors (Lipinski definition) is 4. The van der Waals surface area contributed by atoms with Gasteiger partial charge in [0.1, 0.15) is 0 Å². The van der Waals surface area contributed by atoms with Gasteiger partial charge in [0.25, 0.3) is 0 Å². The summed E-state index contributed by atoms with van der Waals surface area (Å²) in [5.41, 5.74) is 0.638. The van der Waals surface area contributed by atoms with E-state index in [9.17, 15) is 5.26 Å². The summed E-state index contributed by atoms with van der Waals surface area (Å²) in [5, 5.41) is 10.3. The number of ether oxygens (including phenoxy) is 2. The average Bonchev–Trinajstić information content (AvgIpc) is 2.77. The number of nitriles is 1. The van der Waals surface area contributed by atoms with Crippen molar-refractivity contribution in [3.63, 3.8) is 0 Å². The van der Waals surface area contributed by atoms with Crippen LogP contribution in [0.4, 0.5) is 0 Å². The summed E-state index contributed by atoms with van der Waals surface area (Å²) in [7, 11) is 5.53. The molecule has 0 amide bonds. The predicted molar refractivity (Wildman–Crippen MR) is 128 cm³/mol. The molecular formula is C28H38N2O2. The molecule has 0 saturated heterocycles. The van der Waals surface area contributed by atoms with Crippen LogP contribution in [0.5, 0.6) is 11.5 Å². The van der Waals surface area contributed by atoms with Gasteiger partial charge in [-0.3, -0.25) is 4.90 Å². The fourth-order valence-corrected chi connectivity index (χ4v) is 7.06. The Morgan fingerprint density at radius 1 is 1.03 bits per heavy atom. The van der Waals surface area contributed by atoms with Crippen LogP contribution in [-0.2, 0) is 5.41 Å². The highest BCUT2D eigenvalue weighted by atomic mass is 16.5. The maximum absolute atomic E-state index is 10.3. The first-order valence-electron chi connectivity index (χ1n) is 12.2. The van der Waals surface area contributed by atoms with E-state index >= 15 is 0 Å². The summed E-state index contributed by atoms with van der Waals surface area (Å²) in [4.78, 5) is 2.55. The fraction of sp³-hybridized carbons (Fsp3) is 0.679. The lowest BCUT2D eigenvalue weighted by Crippen LogP contribution is -2.58. The van der Waals surface area contributed by atoms with Crippen LogP contribution in [0.3, 0.4) is 0 Å². The lowest BCUT2D eigenvalue weighted by atomic mass is 9.52. The van der Waals surface area contributed by atoms with Crippen molar-refractivity contribution >= 4 is 0 Å². The molecule has 4 nitrogen and oxygen atoms in total. The normalized spacial score (nSPS) is 29.9. The van der Waals surface area contributed by atoms with E-state index in [0.29, 0.717) is 23.5 Å². The van der Waals surface area contributed by atoms with E-state index in [-0.39, 0.29) is 5.92 Å². The van der Waals surface area contributed by atoms with Gasteiger partial charge in [-0.1, -0.05) is 31.8 Å². The third-order valence-corrected chi connectivity index (χ3v) is 8.71. The van der Waals surface area contributed by atoms with E-state index in [4.69, 9.17) is 9.47 Å². The molecule has 1 aromatic rings. The van der Waals surface area contributed by atoms with Crippen molar-refractivity contribution < 1.29 is 9.47 Å². The van der Waals surface area contributed by atoms with E-state index < -0.39 is 5.41 Å². The topological polar surface area (TPSA) is 45.5 Å². The molecule has 4 fully saturated rings. The number of rotatable bonds is 7. The van der Waals surface area contributed by atoms with Gasteiger partial charge in [0, 0.05) is 12.0 Å². The summed E-state index contributed by atoms with van der Waals surface area (Å²) in [6, 6.07) is 8.41. The predicted octanol–water partition coefficient (Wildman–Crippen LogP) is 5.42. The largest absolute Gasteiger partial charge is 0.493 e. The minimum atomic E-state index is -0.675. The van der Waals surface area contributed by atoms with E-state index in [1.165, 1.54) is 38.5 Å². The zero-order valence-electron chi connectivity index (χ0n) is 20.4. The van der Waals surface area contributed by atoms with E-state index in [2.05, 4.69) is 43.7 Å². The van der Waals surface area contributed by atoms with Crippen molar-refractivity contribution in [2.75, 3.05) is 27.8 Å². The molecule has 4 aliphatic carbocycles. The highest BCUT2D eigenvalue weighted by Gasteiger charge is 2.52. The van der Waals surface area contributed by atoms with Crippen molar-refractivity contribution in [2.45, 2.75) is 69.7 Å². The van der Waals surface area contributed by atoms with Gasteiger partial charge in [-0.15, -0.1) is 0 Å². The molecule has 5 rings (SSSR count). The molecule has 1 atom stereocenters. The molecule has 32 heavy (non-hydrogen) atoms. The summed E-state index contributed by atoms with van der Waals surface area (Å²) >= 11 is 0. The van der Waals surface area contributed by atoms with Gasteiger partial charge in [0.15, 0.2) is 11.5 Å². The number of hydrogen-bond donors (Lipinski definition) is 0. The lowest BCUT2D eigenvalue weighted by molar-refractivity contribution is -0.0744. The van der Waals surface area contributed by atoms with Crippen LogP contribution in [0.15, 0.2) is 18.2 Å². The van der Waals surface area contributed by atoms with Gasteiger partial charge in [0.2, 0.25) is 0 Å². The molecule has 172 valence electrons. The maximum Gasteiger partial charge on any atom is 0.161 e. The zero-order valence-corrected chi connectivity index (χ0v) is 20.4. The van der Waals surface area contributed by atoms with E-state index in [0.717, 1.165) is 29.9 Å². The first kappa shape index (κ1) is 23.0. The Morgan fingerprint density at radius 2 is 1.62 bits per heavy atom. The Balaban J connectivity index is 1.49. The van der Waals surface area contributed by atoms with Crippen LogP contribution >= 0.6 is 0 Å². The Hall–Kier alpha value is -2.17. The molecule has 0 heterocycles. The second kappa shape index (κ2) is 8.99. The van der Waals surface area contributed by atoms with E-state index in [1.54, 1.807) is 14.2 Å². The molecule has 0 N–H and O–H groups in total. The van der Waals surface area contributed by atoms with E-state index in [1.807, 2.05) is 18.2 Å². The molecular weight excluding hydrogens is 396 g/mol. The fourth-order valence-electron chi connectivity index (χ4n) is 7.06. The van der Waals surface area contributed by atoms with Gasteiger partial charge < -0.3 is 9.47 Å². The summed E-state index contributed by atoms with van der Waals surface area (Å²) in [6.07, 6.45) is 8.98. The minimum absolute atomic E-state index is 0.126. The zero-order chi connectivity index (χ0) is 22.9. The van der Waals surface area contributed by atoms with Crippen LogP contribution in [0.25, 0.3) is 0 Å². The summed E-state index contributed by atoms with van der Waals surface area (Å²) in [6.45, 7) is 4.99. The average molecular weight is 435 g/mol. The molecule has 0 aliphatic heterocycles. The Kier molecular flexibility index (Phi) is 6.46. The molecule has 0 radical (unpaired) electrons. The molecule has 0 spiro atoms. The molecule has 4 bridgehead atoms. The van der Waals surface area contributed by atoms with Crippen LogP contribution < -0.4 is 9.47 Å². The monoisotopic (exact) mass is 434 g/mol. The van der Waals surface area contributed by atoms with Gasteiger partial charge in [-0.05, 0) is 86.9 Å². The van der Waals surface area contributed by atoms with Gasteiger partial charge in [-0.25, -0.2) is 0 Å². The maximum atomic E-state index is 10.3. The molecule has 1 aromatic carbocycles. The minimum Gasteiger partial charge on any atom is -0.493 e. The SMILES string of the molecule is COc1ccc(C(C#N)(CC#CCN(C)C23CC4CC(CC(C4)C2)C3)C(C)C)cc1OC. The van der Waals surface area contributed by atoms with Crippen molar-refractivity contribution in [3.05, 3.63) is 23.8 Å². The van der Waals surface area contributed by atoms with Crippen molar-refractivity contribution in [3.8, 4) is 29.4 Å². The molecule has 4 heteroatoms. The third-order valence-electron chi connectivity index (χ3n) is 8.71. The van der Waals surface area contributed by atoms with Crippen molar-refractivity contribution in [1.29, 1.82) is 5.26 Å². The van der Waals surface area contributed by atoms with Crippen molar-refractivity contribution in [1.82, 2.24) is 4.90 Å². The summed E-state index contributed by atoms with van der Waals surface area (Å²) in [5.74, 6) is 11.1. The van der Waals surface area contributed by atoms with Gasteiger partial charge in [0.05, 0.1) is 32.2 Å². The van der Waals surface area contributed by atoms with Crippen LogP contribution in [-0.4, -0.2) is 38.3 Å². The van der Waals surface area contributed by atoms with Gasteiger partial charge in [-0.2, -0.15) is 5.26 Å². The molecule has 4 saturated carbocycles.